The highest BCUT2D eigenvalue weighted by Crippen LogP contribution is 2.44. The van der Waals surface area contributed by atoms with Crippen LogP contribution in [-0.2, 0) is 4.79 Å². The average Bonchev–Trinajstić information content (AvgIpc) is 3.07. The van der Waals surface area contributed by atoms with Gasteiger partial charge < -0.3 is 16.3 Å². The fourth-order valence-corrected chi connectivity index (χ4v) is 3.23. The van der Waals surface area contributed by atoms with Gasteiger partial charge in [0.05, 0.1) is 11.8 Å². The van der Waals surface area contributed by atoms with Crippen molar-refractivity contribution in [3.8, 4) is 0 Å². The van der Waals surface area contributed by atoms with Crippen molar-refractivity contribution >= 4 is 17.6 Å². The fourth-order valence-electron chi connectivity index (χ4n) is 3.23. The Morgan fingerprint density at radius 3 is 2.81 bits per heavy atom. The number of nitrogens with one attached hydrogen (secondary N) is 2. The minimum atomic E-state index is -0.318. The molecule has 0 bridgehead atoms. The molecule has 1 aliphatic rings. The molecule has 1 fully saturated rings. The second-order valence-electron chi connectivity index (χ2n) is 6.18. The average molecular weight is 293 g/mol. The molecule has 0 aliphatic heterocycles. The predicted octanol–water partition coefficient (Wildman–Crippen LogP) is 2.05. The van der Waals surface area contributed by atoms with Crippen LogP contribution in [0, 0.1) is 11.3 Å². The zero-order valence-corrected chi connectivity index (χ0v) is 12.5. The molecule has 1 aromatic heterocycles. The van der Waals surface area contributed by atoms with Crippen molar-refractivity contribution in [2.24, 2.45) is 22.2 Å². The molecular formula is C14H23N5O2. The second kappa shape index (κ2) is 6.15. The van der Waals surface area contributed by atoms with Gasteiger partial charge in [0.2, 0.25) is 5.91 Å². The molecule has 1 aromatic rings. The van der Waals surface area contributed by atoms with E-state index < -0.39 is 0 Å². The molecular weight excluding hydrogens is 270 g/mol. The number of hydrogen-bond acceptors (Lipinski definition) is 4. The zero-order chi connectivity index (χ0) is 15.5. The standard InChI is InChI=1S/C14H23N5O2/c1-9(2)7-14(5-3-4-6-14)13(20)17-12-10(8-16-18-12)11(15)19-21/h8-9,21H,3-7H2,1-2H3,(H2,15,19)(H2,16,17,18,20). The Labute approximate surface area is 124 Å². The van der Waals surface area contributed by atoms with Crippen molar-refractivity contribution in [2.75, 3.05) is 5.32 Å². The summed E-state index contributed by atoms with van der Waals surface area (Å²) >= 11 is 0. The van der Waals surface area contributed by atoms with Crippen LogP contribution in [0.15, 0.2) is 11.4 Å². The normalized spacial score (nSPS) is 18.1. The van der Waals surface area contributed by atoms with Gasteiger partial charge in [-0.1, -0.05) is 31.8 Å². The molecule has 1 aliphatic carbocycles. The van der Waals surface area contributed by atoms with E-state index in [2.05, 4.69) is 34.5 Å². The quantitative estimate of drug-likeness (QED) is 0.288. The van der Waals surface area contributed by atoms with Gasteiger partial charge >= 0.3 is 0 Å². The predicted molar refractivity (Wildman–Crippen MR) is 80.1 cm³/mol. The lowest BCUT2D eigenvalue weighted by molar-refractivity contribution is -0.126. The van der Waals surface area contributed by atoms with Gasteiger partial charge in [-0.25, -0.2) is 0 Å². The number of anilines is 1. The molecule has 0 atom stereocenters. The fraction of sp³-hybridized carbons (Fsp3) is 0.643. The second-order valence-corrected chi connectivity index (χ2v) is 6.18. The summed E-state index contributed by atoms with van der Waals surface area (Å²) in [5.41, 5.74) is 5.65. The Hall–Kier alpha value is -2.05. The number of carbonyl (C=O) groups is 1. The number of rotatable bonds is 5. The third-order valence-electron chi connectivity index (χ3n) is 4.10. The van der Waals surface area contributed by atoms with Crippen LogP contribution in [0.1, 0.15) is 51.5 Å². The number of oxime groups is 1. The third-order valence-corrected chi connectivity index (χ3v) is 4.10. The first kappa shape index (κ1) is 15.3. The molecule has 0 radical (unpaired) electrons. The lowest BCUT2D eigenvalue weighted by Gasteiger charge is -2.29. The molecule has 0 saturated heterocycles. The molecule has 7 nitrogen and oxygen atoms in total. The lowest BCUT2D eigenvalue weighted by Crippen LogP contribution is -2.35. The molecule has 2 rings (SSSR count). The number of nitrogens with zero attached hydrogens (tertiary/aromatic N) is 2. The van der Waals surface area contributed by atoms with E-state index in [1.54, 1.807) is 0 Å². The third kappa shape index (κ3) is 3.17. The maximum Gasteiger partial charge on any atom is 0.231 e. The smallest absolute Gasteiger partial charge is 0.231 e. The van der Waals surface area contributed by atoms with Crippen molar-refractivity contribution in [3.63, 3.8) is 0 Å². The van der Waals surface area contributed by atoms with Crippen LogP contribution < -0.4 is 11.1 Å². The molecule has 0 aromatic carbocycles. The van der Waals surface area contributed by atoms with Crippen LogP contribution in [-0.4, -0.2) is 27.1 Å². The number of amides is 1. The number of amidine groups is 1. The van der Waals surface area contributed by atoms with E-state index in [9.17, 15) is 4.79 Å². The van der Waals surface area contributed by atoms with Gasteiger partial charge in [0.1, 0.15) is 5.82 Å². The summed E-state index contributed by atoms with van der Waals surface area (Å²) in [4.78, 5) is 12.7. The summed E-state index contributed by atoms with van der Waals surface area (Å²) in [6.07, 6.45) is 6.26. The summed E-state index contributed by atoms with van der Waals surface area (Å²) in [7, 11) is 0. The Kier molecular flexibility index (Phi) is 4.50. The van der Waals surface area contributed by atoms with Crippen molar-refractivity contribution in [2.45, 2.75) is 46.0 Å². The number of H-pyrrole nitrogens is 1. The maximum atomic E-state index is 12.7. The minimum Gasteiger partial charge on any atom is -0.409 e. The highest BCUT2D eigenvalue weighted by atomic mass is 16.4. The van der Waals surface area contributed by atoms with E-state index in [1.807, 2.05) is 0 Å². The Morgan fingerprint density at radius 2 is 2.24 bits per heavy atom. The zero-order valence-electron chi connectivity index (χ0n) is 12.5. The summed E-state index contributed by atoms with van der Waals surface area (Å²) in [5.74, 6) is 0.748. The van der Waals surface area contributed by atoms with Crippen molar-refractivity contribution in [3.05, 3.63) is 11.8 Å². The van der Waals surface area contributed by atoms with E-state index in [1.165, 1.54) is 6.20 Å². The summed E-state index contributed by atoms with van der Waals surface area (Å²) in [6.45, 7) is 4.26. The summed E-state index contributed by atoms with van der Waals surface area (Å²) in [6, 6.07) is 0. The first-order valence-electron chi connectivity index (χ1n) is 7.31. The molecule has 7 heteroatoms. The van der Waals surface area contributed by atoms with Crippen LogP contribution >= 0.6 is 0 Å². The number of aromatic amines is 1. The summed E-state index contributed by atoms with van der Waals surface area (Å²) < 4.78 is 0. The van der Waals surface area contributed by atoms with E-state index in [4.69, 9.17) is 10.9 Å². The van der Waals surface area contributed by atoms with Gasteiger partial charge in [-0.15, -0.1) is 0 Å². The molecule has 0 unspecified atom stereocenters. The largest absolute Gasteiger partial charge is 0.409 e. The molecule has 5 N–H and O–H groups in total. The van der Waals surface area contributed by atoms with E-state index in [0.717, 1.165) is 32.1 Å². The molecule has 1 saturated carbocycles. The van der Waals surface area contributed by atoms with Crippen LogP contribution in [0.25, 0.3) is 0 Å². The number of carbonyl (C=O) groups excluding carboxylic acids is 1. The van der Waals surface area contributed by atoms with Crippen LogP contribution in [0.4, 0.5) is 5.82 Å². The van der Waals surface area contributed by atoms with E-state index in [0.29, 0.717) is 17.3 Å². The highest BCUT2D eigenvalue weighted by molar-refractivity contribution is 6.05. The molecule has 116 valence electrons. The van der Waals surface area contributed by atoms with Crippen molar-refractivity contribution in [1.29, 1.82) is 0 Å². The van der Waals surface area contributed by atoms with Crippen molar-refractivity contribution < 1.29 is 10.0 Å². The Morgan fingerprint density at radius 1 is 1.57 bits per heavy atom. The topological polar surface area (TPSA) is 116 Å². The Balaban J connectivity index is 2.18. The van der Waals surface area contributed by atoms with Crippen LogP contribution in [0.5, 0.6) is 0 Å². The van der Waals surface area contributed by atoms with E-state index in [-0.39, 0.29) is 17.2 Å². The molecule has 1 heterocycles. The van der Waals surface area contributed by atoms with Gasteiger partial charge in [0, 0.05) is 5.41 Å². The Bertz CT molecular complexity index is 529. The summed E-state index contributed by atoms with van der Waals surface area (Å²) in [5, 5.41) is 21.1. The van der Waals surface area contributed by atoms with Crippen LogP contribution in [0.2, 0.25) is 0 Å². The first-order valence-corrected chi connectivity index (χ1v) is 7.31. The van der Waals surface area contributed by atoms with Gasteiger partial charge in [0.15, 0.2) is 5.84 Å². The SMILES string of the molecule is CC(C)CC1(C(=O)Nc2[nH]ncc2C(N)=NO)CCCC1. The first-order chi connectivity index (χ1) is 9.98. The number of aromatic nitrogens is 2. The van der Waals surface area contributed by atoms with Crippen molar-refractivity contribution in [1.82, 2.24) is 10.2 Å². The number of hydrogen-bond donors (Lipinski definition) is 4. The van der Waals surface area contributed by atoms with Gasteiger partial charge in [-0.2, -0.15) is 5.10 Å². The maximum absolute atomic E-state index is 12.7. The molecule has 21 heavy (non-hydrogen) atoms. The van der Waals surface area contributed by atoms with Crippen LogP contribution in [0.3, 0.4) is 0 Å². The van der Waals surface area contributed by atoms with Gasteiger partial charge in [-0.05, 0) is 25.2 Å². The highest BCUT2D eigenvalue weighted by Gasteiger charge is 2.41. The monoisotopic (exact) mass is 293 g/mol. The minimum absolute atomic E-state index is 0.00932. The molecule has 0 spiro atoms. The molecule has 1 amide bonds. The van der Waals surface area contributed by atoms with Gasteiger partial charge in [0.25, 0.3) is 0 Å². The van der Waals surface area contributed by atoms with Gasteiger partial charge in [-0.3, -0.25) is 9.89 Å². The number of nitrogens with two attached hydrogens (primary N) is 1. The lowest BCUT2D eigenvalue weighted by atomic mass is 9.77. The van der Waals surface area contributed by atoms with E-state index >= 15 is 0 Å².